The molecular formula is C25H20ClN3O3S. The van der Waals surface area contributed by atoms with Crippen LogP contribution in [-0.2, 0) is 27.3 Å². The maximum absolute atomic E-state index is 13.7. The molecule has 6 atom stereocenters. The van der Waals surface area contributed by atoms with E-state index in [1.807, 2.05) is 24.3 Å². The lowest BCUT2D eigenvalue weighted by molar-refractivity contribution is -0.125. The number of hydrogen-bond acceptors (Lipinski definition) is 6. The van der Waals surface area contributed by atoms with E-state index in [1.165, 1.54) is 16.2 Å². The van der Waals surface area contributed by atoms with Crippen molar-refractivity contribution in [1.82, 2.24) is 0 Å². The summed E-state index contributed by atoms with van der Waals surface area (Å²) in [5.41, 5.74) is 3.37. The van der Waals surface area contributed by atoms with Gasteiger partial charge in [-0.1, -0.05) is 28.9 Å². The minimum absolute atomic E-state index is 0.00102. The number of anilines is 1. The van der Waals surface area contributed by atoms with Crippen LogP contribution < -0.4 is 4.90 Å². The topological polar surface area (TPSA) is 82.8 Å². The molecule has 0 spiro atoms. The number of carbonyl (C=O) groups excluding carboxylic acids is 2. The van der Waals surface area contributed by atoms with E-state index in [1.54, 1.807) is 0 Å². The van der Waals surface area contributed by atoms with Gasteiger partial charge in [0, 0.05) is 21.7 Å². The van der Waals surface area contributed by atoms with Gasteiger partial charge in [0.2, 0.25) is 11.8 Å². The molecule has 1 saturated heterocycles. The smallest absolute Gasteiger partial charge is 0.238 e. The van der Waals surface area contributed by atoms with Gasteiger partial charge < -0.3 is 4.84 Å². The molecule has 0 N–H and O–H groups in total. The number of imide groups is 1. The number of fused-ring (bicyclic) bond motifs is 9. The Morgan fingerprint density at radius 2 is 1.79 bits per heavy atom. The Bertz CT molecular complexity index is 1290. The summed E-state index contributed by atoms with van der Waals surface area (Å²) in [6.45, 7) is 0. The Balaban J connectivity index is 1.25. The summed E-state index contributed by atoms with van der Waals surface area (Å²) < 4.78 is 0. The van der Waals surface area contributed by atoms with Gasteiger partial charge in [-0.15, -0.1) is 11.3 Å². The summed E-state index contributed by atoms with van der Waals surface area (Å²) >= 11 is 7.52. The van der Waals surface area contributed by atoms with Crippen LogP contribution in [0.2, 0.25) is 5.02 Å². The number of hydrogen-bond donors (Lipinski definition) is 0. The predicted octanol–water partition coefficient (Wildman–Crippen LogP) is 4.33. The second kappa shape index (κ2) is 6.91. The molecule has 3 aliphatic carbocycles. The van der Waals surface area contributed by atoms with Gasteiger partial charge >= 0.3 is 0 Å². The Kier molecular flexibility index (Phi) is 4.13. The number of halogens is 1. The van der Waals surface area contributed by atoms with Gasteiger partial charge in [0.1, 0.15) is 17.2 Å². The first-order chi connectivity index (χ1) is 16.1. The summed E-state index contributed by atoms with van der Waals surface area (Å²) in [7, 11) is 0. The first kappa shape index (κ1) is 19.7. The zero-order valence-corrected chi connectivity index (χ0v) is 19.2. The third-order valence-corrected chi connectivity index (χ3v) is 9.83. The molecule has 3 fully saturated rings. The summed E-state index contributed by atoms with van der Waals surface area (Å²) in [5.74, 6) is -1.06. The zero-order chi connectivity index (χ0) is 22.4. The maximum atomic E-state index is 13.7. The molecule has 1 aromatic carbocycles. The van der Waals surface area contributed by atoms with Gasteiger partial charge in [-0.3, -0.25) is 9.59 Å². The number of oxime groups is 1. The molecule has 2 amide bonds. The molecule has 1 aromatic heterocycles. The molecule has 5 aliphatic rings. The van der Waals surface area contributed by atoms with Crippen LogP contribution in [0.5, 0.6) is 0 Å². The minimum atomic E-state index is -0.380. The average molecular weight is 478 g/mol. The van der Waals surface area contributed by atoms with Crippen molar-refractivity contribution in [1.29, 1.82) is 5.26 Å². The molecule has 6 nitrogen and oxygen atoms in total. The van der Waals surface area contributed by atoms with Gasteiger partial charge in [-0.25, -0.2) is 4.90 Å². The van der Waals surface area contributed by atoms with Crippen molar-refractivity contribution in [3.63, 3.8) is 0 Å². The number of thiophene rings is 1. The van der Waals surface area contributed by atoms with Gasteiger partial charge in [0.25, 0.3) is 0 Å². The molecule has 2 bridgehead atoms. The van der Waals surface area contributed by atoms with Gasteiger partial charge in [0.05, 0.1) is 23.1 Å². The van der Waals surface area contributed by atoms with Crippen LogP contribution in [-0.4, -0.2) is 23.6 Å². The largest absolute Gasteiger partial charge is 0.391 e. The Labute approximate surface area is 199 Å². The highest BCUT2D eigenvalue weighted by Gasteiger charge is 2.70. The molecule has 2 saturated carbocycles. The number of amides is 2. The third-order valence-electron chi connectivity index (χ3n) is 8.30. The Morgan fingerprint density at radius 3 is 2.55 bits per heavy atom. The standard InChI is InChI=1S/C25H20ClN3O3S/c26-12-7-5-11(6-8-12)21-20-14-9-15(22(20)32-28-21)19-18(14)23(30)29(24(19)31)25-16(10-27)13-3-1-2-4-17(13)33-25/h5-8,14-15,18-20,22H,1-4,9H2/t14-,15+,18-,19+,20-,22-/m1/s1. The van der Waals surface area contributed by atoms with E-state index in [2.05, 4.69) is 11.2 Å². The van der Waals surface area contributed by atoms with Crippen LogP contribution in [0.15, 0.2) is 29.4 Å². The lowest BCUT2D eigenvalue weighted by atomic mass is 9.71. The molecule has 2 aromatic rings. The summed E-state index contributed by atoms with van der Waals surface area (Å²) in [4.78, 5) is 35.8. The fourth-order valence-corrected chi connectivity index (χ4v) is 8.48. The lowest BCUT2D eigenvalue weighted by Gasteiger charge is -2.29. The number of nitriles is 1. The van der Waals surface area contributed by atoms with Crippen molar-refractivity contribution in [2.45, 2.75) is 38.2 Å². The quantitative estimate of drug-likeness (QED) is 0.603. The highest BCUT2D eigenvalue weighted by atomic mass is 35.5. The summed E-state index contributed by atoms with van der Waals surface area (Å²) in [6.07, 6.45) is 4.52. The molecule has 8 heteroatoms. The van der Waals surface area contributed by atoms with E-state index in [9.17, 15) is 14.9 Å². The van der Waals surface area contributed by atoms with Gasteiger partial charge in [-0.05, 0) is 61.3 Å². The third kappa shape index (κ3) is 2.51. The summed E-state index contributed by atoms with van der Waals surface area (Å²) in [5, 5.41) is 15.5. The first-order valence-corrected chi connectivity index (χ1v) is 12.7. The molecule has 0 radical (unpaired) electrons. The first-order valence-electron chi connectivity index (χ1n) is 11.5. The molecule has 0 unspecified atom stereocenters. The van der Waals surface area contributed by atoms with E-state index >= 15 is 0 Å². The van der Waals surface area contributed by atoms with Crippen LogP contribution >= 0.6 is 22.9 Å². The van der Waals surface area contributed by atoms with Crippen molar-refractivity contribution in [3.05, 3.63) is 50.9 Å². The van der Waals surface area contributed by atoms with E-state index < -0.39 is 0 Å². The normalized spacial score (nSPS) is 33.5. The van der Waals surface area contributed by atoms with Gasteiger partial charge in [0.15, 0.2) is 0 Å². The number of carbonyl (C=O) groups is 2. The average Bonchev–Trinajstić information content (AvgIpc) is 3.60. The SMILES string of the molecule is N#Cc1c(N2C(=O)[C@@H]3[C@H]4C[C@H]([C@H]5ON=C(c6ccc(Cl)cc6)[C@@H]45)[C@@H]3C2=O)sc2c1CCCC2. The predicted molar refractivity (Wildman–Crippen MR) is 123 cm³/mol. The second-order valence-corrected chi connectivity index (χ2v) is 11.2. The van der Waals surface area contributed by atoms with Gasteiger partial charge in [-0.2, -0.15) is 5.26 Å². The second-order valence-electron chi connectivity index (χ2n) is 9.71. The highest BCUT2D eigenvalue weighted by molar-refractivity contribution is 7.17. The van der Waals surface area contributed by atoms with Crippen LogP contribution in [0.4, 0.5) is 5.00 Å². The molecular weight excluding hydrogens is 458 g/mol. The fraction of sp³-hybridized carbons (Fsp3) is 0.440. The van der Waals surface area contributed by atoms with Crippen LogP contribution in [0.25, 0.3) is 0 Å². The van der Waals surface area contributed by atoms with Crippen molar-refractivity contribution in [2.24, 2.45) is 34.7 Å². The van der Waals surface area contributed by atoms with Crippen LogP contribution in [0.1, 0.15) is 40.8 Å². The molecule has 7 rings (SSSR count). The molecule has 3 heterocycles. The molecule has 166 valence electrons. The number of benzene rings is 1. The van der Waals surface area contributed by atoms with E-state index in [-0.39, 0.29) is 47.5 Å². The molecule has 33 heavy (non-hydrogen) atoms. The Morgan fingerprint density at radius 1 is 1.06 bits per heavy atom. The van der Waals surface area contributed by atoms with Crippen LogP contribution in [0, 0.1) is 40.9 Å². The maximum Gasteiger partial charge on any atom is 0.238 e. The fourth-order valence-electron chi connectivity index (χ4n) is 7.01. The number of nitrogens with zero attached hydrogens (tertiary/aromatic N) is 3. The number of rotatable bonds is 2. The monoisotopic (exact) mass is 477 g/mol. The van der Waals surface area contributed by atoms with Crippen molar-refractivity contribution in [3.8, 4) is 6.07 Å². The number of aryl methyl sites for hydroxylation is 1. The molecule has 2 aliphatic heterocycles. The highest BCUT2D eigenvalue weighted by Crippen LogP contribution is 2.62. The van der Waals surface area contributed by atoms with Crippen molar-refractivity contribution in [2.75, 3.05) is 4.90 Å². The van der Waals surface area contributed by atoms with E-state index in [0.717, 1.165) is 53.8 Å². The van der Waals surface area contributed by atoms with E-state index in [0.29, 0.717) is 15.6 Å². The minimum Gasteiger partial charge on any atom is -0.391 e. The Hall–Kier alpha value is -2.69. The van der Waals surface area contributed by atoms with Crippen LogP contribution in [0.3, 0.4) is 0 Å². The van der Waals surface area contributed by atoms with Crippen molar-refractivity contribution >= 4 is 45.5 Å². The lowest BCUT2D eigenvalue weighted by Crippen LogP contribution is -2.41. The van der Waals surface area contributed by atoms with Crippen molar-refractivity contribution < 1.29 is 14.4 Å². The zero-order valence-electron chi connectivity index (χ0n) is 17.7. The van der Waals surface area contributed by atoms with E-state index in [4.69, 9.17) is 16.4 Å². The summed E-state index contributed by atoms with van der Waals surface area (Å²) in [6, 6.07) is 9.83.